The second-order valence-corrected chi connectivity index (χ2v) is 5.26. The lowest BCUT2D eigenvalue weighted by molar-refractivity contribution is -0.116. The van der Waals surface area contributed by atoms with Crippen LogP contribution in [0.3, 0.4) is 0 Å². The van der Waals surface area contributed by atoms with E-state index in [1.54, 1.807) is 6.07 Å². The van der Waals surface area contributed by atoms with Crippen molar-refractivity contribution in [2.24, 2.45) is 0 Å². The van der Waals surface area contributed by atoms with Crippen molar-refractivity contribution in [3.8, 4) is 0 Å². The molecule has 1 aromatic rings. The van der Waals surface area contributed by atoms with Crippen LogP contribution in [0.15, 0.2) is 24.3 Å². The number of carbonyl (C=O) groups excluding carboxylic acids is 1. The number of rotatable bonds is 5. The first-order valence-electron chi connectivity index (χ1n) is 6.63. The highest BCUT2D eigenvalue weighted by molar-refractivity contribution is 6.33. The summed E-state index contributed by atoms with van der Waals surface area (Å²) in [4.78, 5) is 14.2. The summed E-state index contributed by atoms with van der Waals surface area (Å²) in [6, 6.07) is 7.86. The highest BCUT2D eigenvalue weighted by Gasteiger charge is 2.21. The van der Waals surface area contributed by atoms with Crippen molar-refractivity contribution in [2.45, 2.75) is 18.9 Å². The molecule has 0 aromatic heterocycles. The minimum Gasteiger partial charge on any atom is -0.325 e. The number of benzene rings is 1. The molecule has 5 heteroatoms. The molecule has 1 saturated heterocycles. The molecule has 0 saturated carbocycles. The van der Waals surface area contributed by atoms with Gasteiger partial charge in [-0.05, 0) is 32.1 Å². The topological polar surface area (TPSA) is 44.4 Å². The van der Waals surface area contributed by atoms with E-state index in [-0.39, 0.29) is 5.91 Å². The molecule has 1 aliphatic heterocycles. The van der Waals surface area contributed by atoms with E-state index < -0.39 is 0 Å². The third kappa shape index (κ3) is 4.20. The van der Waals surface area contributed by atoms with E-state index in [0.29, 0.717) is 23.2 Å². The quantitative estimate of drug-likeness (QED) is 0.867. The van der Waals surface area contributed by atoms with Crippen molar-refractivity contribution >= 4 is 23.2 Å². The van der Waals surface area contributed by atoms with Gasteiger partial charge in [0, 0.05) is 25.6 Å². The number of hydrogen-bond donors (Lipinski definition) is 2. The number of nitrogens with zero attached hydrogens (tertiary/aromatic N) is 1. The SMILES string of the molecule is CNC1CCN(CCC(=O)Nc2ccccc2Cl)C1. The zero-order valence-electron chi connectivity index (χ0n) is 11.2. The average Bonchev–Trinajstić information content (AvgIpc) is 2.87. The fourth-order valence-corrected chi connectivity index (χ4v) is 2.49. The van der Waals surface area contributed by atoms with Crippen molar-refractivity contribution in [2.75, 3.05) is 32.0 Å². The van der Waals surface area contributed by atoms with Gasteiger partial charge in [0.05, 0.1) is 10.7 Å². The van der Waals surface area contributed by atoms with Crippen molar-refractivity contribution in [1.29, 1.82) is 0 Å². The number of nitrogens with one attached hydrogen (secondary N) is 2. The van der Waals surface area contributed by atoms with Crippen LogP contribution in [-0.4, -0.2) is 43.5 Å². The summed E-state index contributed by atoms with van der Waals surface area (Å²) in [6.45, 7) is 2.88. The summed E-state index contributed by atoms with van der Waals surface area (Å²) >= 11 is 6.00. The lowest BCUT2D eigenvalue weighted by atomic mass is 10.3. The predicted octanol–water partition coefficient (Wildman–Crippen LogP) is 1.96. The van der Waals surface area contributed by atoms with Gasteiger partial charge in [-0.2, -0.15) is 0 Å². The Bertz CT molecular complexity index is 438. The second kappa shape index (κ2) is 6.89. The first kappa shape index (κ1) is 14.3. The Kier molecular flexibility index (Phi) is 5.19. The smallest absolute Gasteiger partial charge is 0.225 e. The molecular formula is C14H20ClN3O. The van der Waals surface area contributed by atoms with E-state index in [1.165, 1.54) is 0 Å². The van der Waals surface area contributed by atoms with Crippen LogP contribution < -0.4 is 10.6 Å². The van der Waals surface area contributed by atoms with Gasteiger partial charge in [-0.3, -0.25) is 4.79 Å². The second-order valence-electron chi connectivity index (χ2n) is 4.85. The molecule has 104 valence electrons. The van der Waals surface area contributed by atoms with Crippen LogP contribution in [0.2, 0.25) is 5.02 Å². The van der Waals surface area contributed by atoms with Crippen molar-refractivity contribution in [3.05, 3.63) is 29.3 Å². The molecule has 2 N–H and O–H groups in total. The molecule has 0 radical (unpaired) electrons. The number of halogens is 1. The van der Waals surface area contributed by atoms with Gasteiger partial charge in [0.2, 0.25) is 5.91 Å². The van der Waals surface area contributed by atoms with Crippen molar-refractivity contribution in [3.63, 3.8) is 0 Å². The molecule has 1 aromatic carbocycles. The molecule has 0 aliphatic carbocycles. The van der Waals surface area contributed by atoms with Crippen LogP contribution in [0.1, 0.15) is 12.8 Å². The van der Waals surface area contributed by atoms with E-state index >= 15 is 0 Å². The van der Waals surface area contributed by atoms with Gasteiger partial charge in [-0.15, -0.1) is 0 Å². The van der Waals surface area contributed by atoms with Crippen LogP contribution in [0.4, 0.5) is 5.69 Å². The minimum atomic E-state index is 0.0148. The standard InChI is InChI=1S/C14H20ClN3O/c1-16-11-6-8-18(10-11)9-7-14(19)17-13-5-3-2-4-12(13)15/h2-5,11,16H,6-10H2,1H3,(H,17,19). The van der Waals surface area contributed by atoms with E-state index in [4.69, 9.17) is 11.6 Å². The summed E-state index contributed by atoms with van der Waals surface area (Å²) in [5.74, 6) is 0.0148. The Balaban J connectivity index is 1.75. The first-order valence-corrected chi connectivity index (χ1v) is 7.01. The maximum atomic E-state index is 11.9. The molecule has 1 fully saturated rings. The van der Waals surface area contributed by atoms with Crippen molar-refractivity contribution in [1.82, 2.24) is 10.2 Å². The number of para-hydroxylation sites is 1. The zero-order valence-corrected chi connectivity index (χ0v) is 11.9. The lowest BCUT2D eigenvalue weighted by Crippen LogP contribution is -2.31. The molecule has 1 heterocycles. The van der Waals surface area contributed by atoms with Gasteiger partial charge in [-0.25, -0.2) is 0 Å². The number of likely N-dealkylation sites (tertiary alicyclic amines) is 1. The Morgan fingerprint density at radius 3 is 2.95 bits per heavy atom. The molecule has 2 rings (SSSR count). The largest absolute Gasteiger partial charge is 0.325 e. The third-order valence-corrected chi connectivity index (χ3v) is 3.81. The average molecular weight is 282 g/mol. The van der Waals surface area contributed by atoms with Gasteiger partial charge >= 0.3 is 0 Å². The predicted molar refractivity (Wildman–Crippen MR) is 78.6 cm³/mol. The van der Waals surface area contributed by atoms with Crippen LogP contribution >= 0.6 is 11.6 Å². The Labute approximate surface area is 119 Å². The molecular weight excluding hydrogens is 262 g/mol. The summed E-state index contributed by atoms with van der Waals surface area (Å²) in [7, 11) is 1.98. The van der Waals surface area contributed by atoms with Gasteiger partial charge in [0.15, 0.2) is 0 Å². The highest BCUT2D eigenvalue weighted by atomic mass is 35.5. The Morgan fingerprint density at radius 1 is 1.47 bits per heavy atom. The molecule has 1 unspecified atom stereocenters. The van der Waals surface area contributed by atoms with Gasteiger partial charge < -0.3 is 15.5 Å². The first-order chi connectivity index (χ1) is 9.19. The fraction of sp³-hybridized carbons (Fsp3) is 0.500. The van der Waals surface area contributed by atoms with Crippen LogP contribution in [0, 0.1) is 0 Å². The summed E-state index contributed by atoms with van der Waals surface area (Å²) in [6.07, 6.45) is 1.66. The van der Waals surface area contributed by atoms with Crippen LogP contribution in [-0.2, 0) is 4.79 Å². The Morgan fingerprint density at radius 2 is 2.26 bits per heavy atom. The fourth-order valence-electron chi connectivity index (χ4n) is 2.31. The number of carbonyl (C=O) groups is 1. The lowest BCUT2D eigenvalue weighted by Gasteiger charge is -2.15. The third-order valence-electron chi connectivity index (χ3n) is 3.48. The van der Waals surface area contributed by atoms with E-state index in [2.05, 4.69) is 15.5 Å². The number of likely N-dealkylation sites (N-methyl/N-ethyl adjacent to an activating group) is 1. The van der Waals surface area contributed by atoms with Crippen LogP contribution in [0.25, 0.3) is 0 Å². The van der Waals surface area contributed by atoms with Crippen molar-refractivity contribution < 1.29 is 4.79 Å². The molecule has 4 nitrogen and oxygen atoms in total. The minimum absolute atomic E-state index is 0.0148. The molecule has 19 heavy (non-hydrogen) atoms. The van der Waals surface area contributed by atoms with Gasteiger partial charge in [0.1, 0.15) is 0 Å². The number of anilines is 1. The van der Waals surface area contributed by atoms with Gasteiger partial charge in [0.25, 0.3) is 0 Å². The molecule has 0 spiro atoms. The maximum Gasteiger partial charge on any atom is 0.225 e. The number of hydrogen-bond acceptors (Lipinski definition) is 3. The maximum absolute atomic E-state index is 11.9. The summed E-state index contributed by atoms with van der Waals surface area (Å²) < 4.78 is 0. The number of amides is 1. The normalized spacial score (nSPS) is 19.6. The molecule has 0 bridgehead atoms. The van der Waals surface area contributed by atoms with E-state index in [9.17, 15) is 4.79 Å². The van der Waals surface area contributed by atoms with E-state index in [0.717, 1.165) is 26.1 Å². The van der Waals surface area contributed by atoms with Crippen LogP contribution in [0.5, 0.6) is 0 Å². The monoisotopic (exact) mass is 281 g/mol. The summed E-state index contributed by atoms with van der Waals surface area (Å²) in [5.41, 5.74) is 0.684. The van der Waals surface area contributed by atoms with Gasteiger partial charge in [-0.1, -0.05) is 23.7 Å². The molecule has 1 amide bonds. The summed E-state index contributed by atoms with van der Waals surface area (Å²) in [5, 5.41) is 6.69. The Hall–Kier alpha value is -1.10. The van der Waals surface area contributed by atoms with E-state index in [1.807, 2.05) is 25.2 Å². The zero-order chi connectivity index (χ0) is 13.7. The highest BCUT2D eigenvalue weighted by Crippen LogP contribution is 2.20. The molecule has 1 aliphatic rings. The molecule has 1 atom stereocenters.